The number of rotatable bonds is 5. The van der Waals surface area contributed by atoms with Crippen molar-refractivity contribution in [3.8, 4) is 11.8 Å². The van der Waals surface area contributed by atoms with Crippen LogP contribution in [0.4, 0.5) is 8.78 Å². The van der Waals surface area contributed by atoms with Crippen LogP contribution in [0.15, 0.2) is 18.2 Å². The number of nitrogens with zero attached hydrogens (tertiary/aromatic N) is 1. The van der Waals surface area contributed by atoms with E-state index < -0.39 is 6.61 Å². The van der Waals surface area contributed by atoms with Crippen LogP contribution in [0, 0.1) is 11.3 Å². The highest BCUT2D eigenvalue weighted by Crippen LogP contribution is 2.23. The number of carbonyl (C=O) groups excluding carboxylic acids is 1. The van der Waals surface area contributed by atoms with E-state index in [-0.39, 0.29) is 24.4 Å². The number of ether oxygens (including phenoxy) is 1. The summed E-state index contributed by atoms with van der Waals surface area (Å²) in [6.45, 7) is -1.56. The molecule has 17 heavy (non-hydrogen) atoms. The maximum Gasteiger partial charge on any atom is 0.387 e. The molecule has 0 unspecified atom stereocenters. The van der Waals surface area contributed by atoms with Crippen LogP contribution in [0.25, 0.3) is 0 Å². The predicted molar refractivity (Wildman–Crippen MR) is 56.8 cm³/mol. The lowest BCUT2D eigenvalue weighted by atomic mass is 10.0. The highest BCUT2D eigenvalue weighted by atomic mass is 19.3. The summed E-state index contributed by atoms with van der Waals surface area (Å²) in [5.41, 5.74) is 1.05. The van der Waals surface area contributed by atoms with Crippen molar-refractivity contribution in [3.05, 3.63) is 29.3 Å². The zero-order chi connectivity index (χ0) is 12.8. The fourth-order valence-corrected chi connectivity index (χ4v) is 1.45. The molecule has 0 aliphatic rings. The molecule has 1 aromatic carbocycles. The molecule has 0 radical (unpaired) electrons. The molecule has 0 aromatic heterocycles. The molecule has 0 aliphatic heterocycles. The van der Waals surface area contributed by atoms with Crippen LogP contribution in [-0.4, -0.2) is 12.4 Å². The molecule has 0 saturated heterocycles. The first-order valence-electron chi connectivity index (χ1n) is 4.96. The van der Waals surface area contributed by atoms with E-state index in [2.05, 4.69) is 4.74 Å². The minimum absolute atomic E-state index is 0.0152. The molecule has 0 aliphatic carbocycles. The zero-order valence-electron chi connectivity index (χ0n) is 9.24. The molecule has 0 bridgehead atoms. The van der Waals surface area contributed by atoms with E-state index in [1.165, 1.54) is 19.1 Å². The molecule has 0 spiro atoms. The first kappa shape index (κ1) is 13.1. The molecule has 0 fully saturated rings. The number of benzene rings is 1. The number of alkyl halides is 2. The molecular formula is C12H11F2NO2. The van der Waals surface area contributed by atoms with Crippen molar-refractivity contribution >= 4 is 5.78 Å². The fraction of sp³-hybridized carbons (Fsp3) is 0.333. The van der Waals surface area contributed by atoms with Crippen LogP contribution in [-0.2, 0) is 17.6 Å². The Morgan fingerprint density at radius 3 is 2.76 bits per heavy atom. The minimum Gasteiger partial charge on any atom is -0.435 e. The van der Waals surface area contributed by atoms with Gasteiger partial charge in [0.1, 0.15) is 11.5 Å². The highest BCUT2D eigenvalue weighted by Gasteiger charge is 2.11. The lowest BCUT2D eigenvalue weighted by Gasteiger charge is -2.10. The SMILES string of the molecule is CC(=O)Cc1cc(CC#N)ccc1OC(F)F. The average molecular weight is 239 g/mol. The number of nitriles is 1. The third-order valence-electron chi connectivity index (χ3n) is 2.06. The van der Waals surface area contributed by atoms with Crippen LogP contribution in [0.3, 0.4) is 0 Å². The Balaban J connectivity index is 3.03. The van der Waals surface area contributed by atoms with E-state index in [9.17, 15) is 13.6 Å². The first-order chi connectivity index (χ1) is 8.02. The molecule has 0 N–H and O–H groups in total. The van der Waals surface area contributed by atoms with Crippen molar-refractivity contribution in [3.63, 3.8) is 0 Å². The maximum atomic E-state index is 12.1. The molecule has 90 valence electrons. The number of ketones is 1. The van der Waals surface area contributed by atoms with E-state index in [0.29, 0.717) is 11.1 Å². The van der Waals surface area contributed by atoms with Crippen LogP contribution in [0.2, 0.25) is 0 Å². The molecule has 0 heterocycles. The predicted octanol–water partition coefficient (Wildman–Crippen LogP) is 2.49. The molecule has 0 amide bonds. The van der Waals surface area contributed by atoms with Gasteiger partial charge in [-0.1, -0.05) is 12.1 Å². The van der Waals surface area contributed by atoms with Crippen molar-refractivity contribution in [1.29, 1.82) is 5.26 Å². The summed E-state index contributed by atoms with van der Waals surface area (Å²) < 4.78 is 28.6. The van der Waals surface area contributed by atoms with E-state index in [1.54, 1.807) is 6.07 Å². The van der Waals surface area contributed by atoms with Crippen LogP contribution in [0.5, 0.6) is 5.75 Å². The van der Waals surface area contributed by atoms with Gasteiger partial charge in [0.15, 0.2) is 0 Å². The van der Waals surface area contributed by atoms with E-state index in [0.717, 1.165) is 0 Å². The van der Waals surface area contributed by atoms with Crippen LogP contribution in [0.1, 0.15) is 18.1 Å². The Labute approximate surface area is 97.6 Å². The first-order valence-corrected chi connectivity index (χ1v) is 4.96. The van der Waals surface area contributed by atoms with Gasteiger partial charge in [0.2, 0.25) is 0 Å². The lowest BCUT2D eigenvalue weighted by molar-refractivity contribution is -0.116. The topological polar surface area (TPSA) is 50.1 Å². The van der Waals surface area contributed by atoms with Crippen LogP contribution < -0.4 is 4.74 Å². The molecule has 0 saturated carbocycles. The summed E-state index contributed by atoms with van der Waals surface area (Å²) in [5.74, 6) is -0.171. The van der Waals surface area contributed by atoms with Gasteiger partial charge < -0.3 is 4.74 Å². The van der Waals surface area contributed by atoms with Crippen molar-refractivity contribution in [2.24, 2.45) is 0 Å². The molecular weight excluding hydrogens is 228 g/mol. The molecule has 0 atom stereocenters. The van der Waals surface area contributed by atoms with Crippen LogP contribution >= 0.6 is 0 Å². The Morgan fingerprint density at radius 1 is 1.53 bits per heavy atom. The normalized spacial score (nSPS) is 10.1. The number of Topliss-reactive ketones (excluding diaryl/α,β-unsaturated/α-hetero) is 1. The van der Waals surface area contributed by atoms with E-state index in [4.69, 9.17) is 5.26 Å². The van der Waals surface area contributed by atoms with Gasteiger partial charge >= 0.3 is 6.61 Å². The highest BCUT2D eigenvalue weighted by molar-refractivity contribution is 5.79. The lowest BCUT2D eigenvalue weighted by Crippen LogP contribution is -2.07. The number of carbonyl (C=O) groups is 1. The van der Waals surface area contributed by atoms with Crippen molar-refractivity contribution in [1.82, 2.24) is 0 Å². The smallest absolute Gasteiger partial charge is 0.387 e. The number of hydrogen-bond donors (Lipinski definition) is 0. The summed E-state index contributed by atoms with van der Waals surface area (Å²) in [4.78, 5) is 11.0. The van der Waals surface area contributed by atoms with Crippen molar-refractivity contribution in [2.75, 3.05) is 0 Å². The van der Waals surface area contributed by atoms with E-state index in [1.807, 2.05) is 6.07 Å². The Morgan fingerprint density at radius 2 is 2.24 bits per heavy atom. The van der Waals surface area contributed by atoms with Gasteiger partial charge in [-0.2, -0.15) is 14.0 Å². The molecule has 3 nitrogen and oxygen atoms in total. The number of halogens is 2. The second-order valence-corrected chi connectivity index (χ2v) is 3.53. The van der Waals surface area contributed by atoms with Gasteiger partial charge in [-0.25, -0.2) is 0 Å². The molecule has 1 aromatic rings. The third-order valence-corrected chi connectivity index (χ3v) is 2.06. The van der Waals surface area contributed by atoms with E-state index >= 15 is 0 Å². The summed E-state index contributed by atoms with van der Waals surface area (Å²) in [6.07, 6.45) is 0.182. The fourth-order valence-electron chi connectivity index (χ4n) is 1.45. The monoisotopic (exact) mass is 239 g/mol. The molecule has 5 heteroatoms. The zero-order valence-corrected chi connectivity index (χ0v) is 9.24. The Hall–Kier alpha value is -1.96. The summed E-state index contributed by atoms with van der Waals surface area (Å²) in [5, 5.41) is 8.54. The summed E-state index contributed by atoms with van der Waals surface area (Å²) in [6, 6.07) is 6.39. The van der Waals surface area contributed by atoms with Crippen molar-refractivity contribution < 1.29 is 18.3 Å². The Bertz CT molecular complexity index is 452. The van der Waals surface area contributed by atoms with Gasteiger partial charge in [-0.15, -0.1) is 0 Å². The standard InChI is InChI=1S/C12H11F2NO2/c1-8(16)6-10-7-9(4-5-15)2-3-11(10)17-12(13)14/h2-3,7,12H,4,6H2,1H3. The third kappa shape index (κ3) is 4.19. The van der Waals surface area contributed by atoms with Crippen molar-refractivity contribution in [2.45, 2.75) is 26.4 Å². The Kier molecular flexibility index (Phi) is 4.58. The average Bonchev–Trinajstić information content (AvgIpc) is 2.21. The maximum absolute atomic E-state index is 12.1. The minimum atomic E-state index is -2.93. The van der Waals surface area contributed by atoms with Gasteiger partial charge in [-0.3, -0.25) is 4.79 Å². The quantitative estimate of drug-likeness (QED) is 0.793. The molecule has 1 rings (SSSR count). The van der Waals surface area contributed by atoms with Gasteiger partial charge in [0, 0.05) is 12.0 Å². The second kappa shape index (κ2) is 5.94. The summed E-state index contributed by atoms with van der Waals surface area (Å²) >= 11 is 0. The summed E-state index contributed by atoms with van der Waals surface area (Å²) in [7, 11) is 0. The second-order valence-electron chi connectivity index (χ2n) is 3.53. The van der Waals surface area contributed by atoms with Gasteiger partial charge in [0.05, 0.1) is 12.5 Å². The van der Waals surface area contributed by atoms with Gasteiger partial charge in [0.25, 0.3) is 0 Å². The number of hydrogen-bond acceptors (Lipinski definition) is 3. The van der Waals surface area contributed by atoms with Gasteiger partial charge in [-0.05, 0) is 18.6 Å². The largest absolute Gasteiger partial charge is 0.435 e.